The lowest BCUT2D eigenvalue weighted by Gasteiger charge is -2.07. The number of benzene rings is 2. The summed E-state index contributed by atoms with van der Waals surface area (Å²) in [4.78, 5) is 11.9. The van der Waals surface area contributed by atoms with Crippen LogP contribution in [0.2, 0.25) is 0 Å². The Hall–Kier alpha value is -1.87. The molecule has 0 aliphatic carbocycles. The van der Waals surface area contributed by atoms with E-state index in [1.165, 1.54) is 0 Å². The van der Waals surface area contributed by atoms with Crippen molar-refractivity contribution in [1.82, 2.24) is 5.32 Å². The highest BCUT2D eigenvalue weighted by molar-refractivity contribution is 5.90. The van der Waals surface area contributed by atoms with E-state index in [9.17, 15) is 4.79 Å². The van der Waals surface area contributed by atoms with Crippen LogP contribution in [0.3, 0.4) is 0 Å². The number of carbonyl (C=O) groups is 1. The van der Waals surface area contributed by atoms with Crippen LogP contribution in [0.15, 0.2) is 42.5 Å². The van der Waals surface area contributed by atoms with Gasteiger partial charge in [-0.25, -0.2) is 0 Å². The van der Waals surface area contributed by atoms with Gasteiger partial charge in [-0.2, -0.15) is 0 Å². The summed E-state index contributed by atoms with van der Waals surface area (Å²) in [5.41, 5.74) is 5.84. The number of carbonyl (C=O) groups excluding carboxylic acids is 1. The molecule has 3 N–H and O–H groups in total. The Morgan fingerprint density at radius 3 is 2.82 bits per heavy atom. The summed E-state index contributed by atoms with van der Waals surface area (Å²) < 4.78 is 29.3. The summed E-state index contributed by atoms with van der Waals surface area (Å²) in [5.74, 6) is -0.620. The highest BCUT2D eigenvalue weighted by atomic mass is 16.1. The molecule has 2 aromatic carbocycles. The Morgan fingerprint density at radius 2 is 2.00 bits per heavy atom. The molecule has 17 heavy (non-hydrogen) atoms. The molecule has 0 spiro atoms. The third-order valence-electron chi connectivity index (χ3n) is 2.51. The third-order valence-corrected chi connectivity index (χ3v) is 2.51. The van der Waals surface area contributed by atoms with Crippen LogP contribution in [0.4, 0.5) is 0 Å². The predicted molar refractivity (Wildman–Crippen MR) is 69.7 cm³/mol. The maximum absolute atomic E-state index is 11.9. The van der Waals surface area contributed by atoms with Gasteiger partial charge in [-0.05, 0) is 16.3 Å². The summed E-state index contributed by atoms with van der Waals surface area (Å²) in [6.45, 7) is -5.28. The molecule has 0 aliphatic rings. The molecule has 0 unspecified atom stereocenters. The quantitative estimate of drug-likeness (QED) is 0.838. The molecule has 3 heteroatoms. The molecular weight excluding hydrogens is 212 g/mol. The lowest BCUT2D eigenvalue weighted by Crippen LogP contribution is -2.30. The number of fused-ring (bicyclic) bond motifs is 1. The number of nitrogens with two attached hydrogens (primary N) is 1. The maximum atomic E-state index is 11.9. The third kappa shape index (κ3) is 2.82. The molecule has 2 aromatic rings. The van der Waals surface area contributed by atoms with Crippen molar-refractivity contribution in [3.63, 3.8) is 0 Å². The van der Waals surface area contributed by atoms with Crippen molar-refractivity contribution < 1.29 is 10.3 Å². The lowest BCUT2D eigenvalue weighted by atomic mass is 10.0. The van der Waals surface area contributed by atoms with Gasteiger partial charge in [-0.3, -0.25) is 4.79 Å². The van der Waals surface area contributed by atoms with Gasteiger partial charge in [0.15, 0.2) is 0 Å². The van der Waals surface area contributed by atoms with Crippen LogP contribution in [0.5, 0.6) is 0 Å². The Bertz CT molecular complexity index is 662. The second kappa shape index (κ2) is 5.46. The van der Waals surface area contributed by atoms with Crippen molar-refractivity contribution in [2.45, 2.75) is 6.42 Å². The molecule has 88 valence electrons. The Labute approximate surface area is 106 Å². The smallest absolute Gasteiger partial charge is 0.224 e. The van der Waals surface area contributed by atoms with Crippen LogP contribution in [0.1, 0.15) is 11.0 Å². The fourth-order valence-electron chi connectivity index (χ4n) is 1.77. The van der Waals surface area contributed by atoms with Crippen LogP contribution in [0.25, 0.3) is 10.8 Å². The van der Waals surface area contributed by atoms with E-state index in [1.54, 1.807) is 6.07 Å². The lowest BCUT2D eigenvalue weighted by molar-refractivity contribution is -0.120. The summed E-state index contributed by atoms with van der Waals surface area (Å²) in [5, 5.41) is 3.90. The van der Waals surface area contributed by atoms with Crippen molar-refractivity contribution in [2.75, 3.05) is 13.0 Å². The topological polar surface area (TPSA) is 55.1 Å². The zero-order chi connectivity index (χ0) is 15.7. The number of hydrogen-bond acceptors (Lipinski definition) is 2. The molecule has 0 aliphatic heterocycles. The number of hydrogen-bond donors (Lipinski definition) is 2. The summed E-state index contributed by atoms with van der Waals surface area (Å²) in [7, 11) is 0. The first-order valence-electron chi connectivity index (χ1n) is 7.27. The van der Waals surface area contributed by atoms with Crippen molar-refractivity contribution in [2.24, 2.45) is 5.73 Å². The van der Waals surface area contributed by atoms with Crippen LogP contribution in [0, 0.1) is 0 Å². The normalized spacial score (nSPS) is 15.6. The van der Waals surface area contributed by atoms with Gasteiger partial charge in [0.1, 0.15) is 0 Å². The zero-order valence-electron chi connectivity index (χ0n) is 13.2. The van der Waals surface area contributed by atoms with Gasteiger partial charge in [-0.15, -0.1) is 0 Å². The predicted octanol–water partition coefficient (Wildman–Crippen LogP) is 1.46. The number of amides is 1. The van der Waals surface area contributed by atoms with Crippen molar-refractivity contribution in [1.29, 1.82) is 0 Å². The second-order valence-electron chi connectivity index (χ2n) is 3.63. The molecular formula is C14H16N2O. The Morgan fingerprint density at radius 1 is 1.24 bits per heavy atom. The highest BCUT2D eigenvalue weighted by Crippen LogP contribution is 2.18. The van der Waals surface area contributed by atoms with Gasteiger partial charge in [0.2, 0.25) is 5.91 Å². The van der Waals surface area contributed by atoms with Gasteiger partial charge >= 0.3 is 0 Å². The summed E-state index contributed by atoms with van der Waals surface area (Å²) >= 11 is 0. The van der Waals surface area contributed by atoms with Gasteiger partial charge < -0.3 is 11.1 Å². The van der Waals surface area contributed by atoms with Crippen molar-refractivity contribution in [3.05, 3.63) is 48.0 Å². The minimum atomic E-state index is -2.65. The van der Waals surface area contributed by atoms with E-state index >= 15 is 0 Å². The molecule has 0 bridgehead atoms. The summed E-state index contributed by atoms with van der Waals surface area (Å²) in [6.07, 6.45) is -0.0447. The van der Waals surface area contributed by atoms with E-state index in [0.29, 0.717) is 0 Å². The van der Waals surface area contributed by atoms with Gasteiger partial charge in [0.05, 0.1) is 9.16 Å². The van der Waals surface area contributed by atoms with E-state index < -0.39 is 18.9 Å². The van der Waals surface area contributed by atoms with E-state index in [0.717, 1.165) is 16.3 Å². The average Bonchev–Trinajstić information content (AvgIpc) is 2.37. The van der Waals surface area contributed by atoms with Crippen LogP contribution < -0.4 is 11.1 Å². The van der Waals surface area contributed by atoms with Crippen molar-refractivity contribution >= 4 is 16.7 Å². The van der Waals surface area contributed by atoms with Crippen LogP contribution in [-0.2, 0) is 11.2 Å². The van der Waals surface area contributed by atoms with Gasteiger partial charge in [-0.1, -0.05) is 42.5 Å². The first-order chi connectivity index (χ1) is 9.71. The molecule has 2 rings (SSSR count). The molecule has 0 heterocycles. The zero-order valence-corrected chi connectivity index (χ0v) is 9.23. The van der Waals surface area contributed by atoms with E-state index in [1.807, 2.05) is 41.7 Å². The highest BCUT2D eigenvalue weighted by Gasteiger charge is 2.05. The SMILES string of the molecule is [2H]C([2H])(N)C([2H])([2H])NC(=O)Cc1cccc2ccccc12. The monoisotopic (exact) mass is 232 g/mol. The first-order valence-corrected chi connectivity index (χ1v) is 5.27. The van der Waals surface area contributed by atoms with E-state index in [4.69, 9.17) is 11.2 Å². The number of rotatable bonds is 4. The Kier molecular flexibility index (Phi) is 2.39. The fourth-order valence-corrected chi connectivity index (χ4v) is 1.77. The van der Waals surface area contributed by atoms with Crippen LogP contribution in [-0.4, -0.2) is 18.9 Å². The molecule has 0 fully saturated rings. The largest absolute Gasteiger partial charge is 0.355 e. The van der Waals surface area contributed by atoms with Crippen molar-refractivity contribution in [3.8, 4) is 0 Å². The minimum absolute atomic E-state index is 0.0447. The van der Waals surface area contributed by atoms with E-state index in [2.05, 4.69) is 0 Å². The van der Waals surface area contributed by atoms with Gasteiger partial charge in [0.25, 0.3) is 0 Å². The molecule has 0 radical (unpaired) electrons. The minimum Gasteiger partial charge on any atom is -0.355 e. The average molecular weight is 232 g/mol. The van der Waals surface area contributed by atoms with Gasteiger partial charge in [0, 0.05) is 15.7 Å². The number of nitrogens with one attached hydrogen (secondary N) is 1. The molecule has 3 nitrogen and oxygen atoms in total. The fraction of sp³-hybridized carbons (Fsp3) is 0.214. The first kappa shape index (κ1) is 7.45. The molecule has 0 saturated carbocycles. The molecule has 0 aromatic heterocycles. The molecule has 0 saturated heterocycles. The second-order valence-corrected chi connectivity index (χ2v) is 3.63. The van der Waals surface area contributed by atoms with Crippen LogP contribution >= 0.6 is 0 Å². The Balaban J connectivity index is 2.20. The maximum Gasteiger partial charge on any atom is 0.224 e. The summed E-state index contributed by atoms with van der Waals surface area (Å²) in [6, 6.07) is 13.1. The molecule has 1 amide bonds. The van der Waals surface area contributed by atoms with E-state index in [-0.39, 0.29) is 6.42 Å². The molecule has 0 atom stereocenters. The standard InChI is InChI=1S/C14H16N2O/c15-8-9-16-14(17)10-12-6-3-5-11-4-1-2-7-13(11)12/h1-7H,8-10,15H2,(H,16,17)/i8D2,9D2.